The normalized spacial score (nSPS) is 18.1. The SMILES string of the molecule is O=C(NCCCCCCO)C1CCCCCCC1. The van der Waals surface area contributed by atoms with Crippen molar-refractivity contribution < 1.29 is 9.90 Å². The summed E-state index contributed by atoms with van der Waals surface area (Å²) in [4.78, 5) is 12.0. The van der Waals surface area contributed by atoms with Crippen molar-refractivity contribution in [2.45, 2.75) is 70.6 Å². The lowest BCUT2D eigenvalue weighted by atomic mass is 9.90. The number of unbranched alkanes of at least 4 members (excludes halogenated alkanes) is 3. The fourth-order valence-corrected chi connectivity index (χ4v) is 2.66. The predicted octanol–water partition coefficient (Wildman–Crippen LogP) is 3.02. The van der Waals surface area contributed by atoms with Crippen molar-refractivity contribution in [2.75, 3.05) is 13.2 Å². The van der Waals surface area contributed by atoms with Crippen LogP contribution in [0.3, 0.4) is 0 Å². The van der Waals surface area contributed by atoms with Crippen LogP contribution in [-0.2, 0) is 4.79 Å². The second kappa shape index (κ2) is 10.4. The molecule has 0 aliphatic heterocycles. The molecule has 0 heterocycles. The van der Waals surface area contributed by atoms with E-state index in [0.717, 1.165) is 45.1 Å². The van der Waals surface area contributed by atoms with Crippen LogP contribution in [0.15, 0.2) is 0 Å². The van der Waals surface area contributed by atoms with E-state index in [-0.39, 0.29) is 18.4 Å². The van der Waals surface area contributed by atoms with Crippen LogP contribution < -0.4 is 5.32 Å². The molecule has 0 aromatic heterocycles. The second-order valence-electron chi connectivity index (χ2n) is 5.47. The minimum absolute atomic E-state index is 0.266. The van der Waals surface area contributed by atoms with Gasteiger partial charge in [0.2, 0.25) is 5.91 Å². The number of nitrogens with one attached hydrogen (secondary N) is 1. The van der Waals surface area contributed by atoms with Gasteiger partial charge in [0.1, 0.15) is 0 Å². The first-order chi connectivity index (χ1) is 8.84. The lowest BCUT2D eigenvalue weighted by molar-refractivity contribution is -0.125. The van der Waals surface area contributed by atoms with Gasteiger partial charge in [-0.05, 0) is 25.7 Å². The van der Waals surface area contributed by atoms with Crippen LogP contribution in [0.1, 0.15) is 70.6 Å². The molecule has 0 aromatic rings. The van der Waals surface area contributed by atoms with Gasteiger partial charge >= 0.3 is 0 Å². The molecule has 2 N–H and O–H groups in total. The van der Waals surface area contributed by atoms with E-state index in [2.05, 4.69) is 5.32 Å². The van der Waals surface area contributed by atoms with E-state index in [1.54, 1.807) is 0 Å². The topological polar surface area (TPSA) is 49.3 Å². The summed E-state index contributed by atoms with van der Waals surface area (Å²) in [5.74, 6) is 0.543. The van der Waals surface area contributed by atoms with E-state index < -0.39 is 0 Å². The molecule has 0 spiro atoms. The molecule has 0 atom stereocenters. The zero-order valence-corrected chi connectivity index (χ0v) is 11.6. The summed E-state index contributed by atoms with van der Waals surface area (Å²) in [5, 5.41) is 11.7. The van der Waals surface area contributed by atoms with Gasteiger partial charge in [0, 0.05) is 19.1 Å². The smallest absolute Gasteiger partial charge is 0.223 e. The minimum Gasteiger partial charge on any atom is -0.396 e. The van der Waals surface area contributed by atoms with Crippen molar-refractivity contribution in [3.8, 4) is 0 Å². The van der Waals surface area contributed by atoms with Gasteiger partial charge < -0.3 is 10.4 Å². The summed E-state index contributed by atoms with van der Waals surface area (Å²) in [5.41, 5.74) is 0. The highest BCUT2D eigenvalue weighted by atomic mass is 16.2. The Morgan fingerprint density at radius 3 is 2.22 bits per heavy atom. The average molecular weight is 255 g/mol. The van der Waals surface area contributed by atoms with Crippen LogP contribution in [0.4, 0.5) is 0 Å². The van der Waals surface area contributed by atoms with Crippen LogP contribution in [0.2, 0.25) is 0 Å². The average Bonchev–Trinajstić information content (AvgIpc) is 2.33. The van der Waals surface area contributed by atoms with Crippen molar-refractivity contribution in [1.29, 1.82) is 0 Å². The summed E-state index contributed by atoms with van der Waals surface area (Å²) in [6, 6.07) is 0. The number of hydrogen-bond acceptors (Lipinski definition) is 2. The van der Waals surface area contributed by atoms with Crippen molar-refractivity contribution in [2.24, 2.45) is 5.92 Å². The lowest BCUT2D eigenvalue weighted by Crippen LogP contribution is -2.31. The molecular weight excluding hydrogens is 226 g/mol. The largest absolute Gasteiger partial charge is 0.396 e. The number of carbonyl (C=O) groups excluding carboxylic acids is 1. The zero-order valence-electron chi connectivity index (χ0n) is 11.6. The Bertz CT molecular complexity index is 211. The summed E-state index contributed by atoms with van der Waals surface area (Å²) in [6.45, 7) is 1.09. The standard InChI is InChI=1S/C15H29NO2/c17-13-9-5-4-8-12-16-15(18)14-10-6-2-1-3-7-11-14/h14,17H,1-13H2,(H,16,18). The molecule has 0 aromatic carbocycles. The van der Waals surface area contributed by atoms with E-state index in [4.69, 9.17) is 5.11 Å². The molecule has 1 amide bonds. The van der Waals surface area contributed by atoms with Gasteiger partial charge in [0.15, 0.2) is 0 Å². The first-order valence-electron chi connectivity index (χ1n) is 7.73. The van der Waals surface area contributed by atoms with Crippen molar-refractivity contribution in [3.05, 3.63) is 0 Å². The van der Waals surface area contributed by atoms with Crippen molar-refractivity contribution in [3.63, 3.8) is 0 Å². The number of aliphatic hydroxyl groups excluding tert-OH is 1. The predicted molar refractivity (Wildman–Crippen MR) is 74.4 cm³/mol. The Morgan fingerprint density at radius 2 is 1.56 bits per heavy atom. The van der Waals surface area contributed by atoms with E-state index >= 15 is 0 Å². The summed E-state index contributed by atoms with van der Waals surface area (Å²) < 4.78 is 0. The van der Waals surface area contributed by atoms with Gasteiger partial charge in [-0.25, -0.2) is 0 Å². The van der Waals surface area contributed by atoms with Crippen LogP contribution in [-0.4, -0.2) is 24.2 Å². The zero-order chi connectivity index (χ0) is 13.1. The summed E-state index contributed by atoms with van der Waals surface area (Å²) in [7, 11) is 0. The molecule has 0 unspecified atom stereocenters. The van der Waals surface area contributed by atoms with Crippen LogP contribution in [0.5, 0.6) is 0 Å². The molecule has 1 rings (SSSR count). The third-order valence-corrected chi connectivity index (χ3v) is 3.86. The first-order valence-corrected chi connectivity index (χ1v) is 7.73. The lowest BCUT2D eigenvalue weighted by Gasteiger charge is -2.19. The Hall–Kier alpha value is -0.570. The fraction of sp³-hybridized carbons (Fsp3) is 0.933. The third-order valence-electron chi connectivity index (χ3n) is 3.86. The number of carbonyl (C=O) groups is 1. The Labute approximate surface area is 111 Å². The summed E-state index contributed by atoms with van der Waals surface area (Å²) in [6.07, 6.45) is 12.6. The van der Waals surface area contributed by atoms with Crippen LogP contribution in [0.25, 0.3) is 0 Å². The van der Waals surface area contributed by atoms with E-state index in [9.17, 15) is 4.79 Å². The van der Waals surface area contributed by atoms with Gasteiger partial charge in [0.25, 0.3) is 0 Å². The van der Waals surface area contributed by atoms with Gasteiger partial charge in [0.05, 0.1) is 0 Å². The quantitative estimate of drug-likeness (QED) is 0.687. The Morgan fingerprint density at radius 1 is 0.944 bits per heavy atom. The van der Waals surface area contributed by atoms with E-state index in [0.29, 0.717) is 0 Å². The molecule has 18 heavy (non-hydrogen) atoms. The molecule has 106 valence electrons. The van der Waals surface area contributed by atoms with Gasteiger partial charge in [-0.1, -0.05) is 44.9 Å². The highest BCUT2D eigenvalue weighted by Gasteiger charge is 2.18. The fourth-order valence-electron chi connectivity index (χ4n) is 2.66. The number of rotatable bonds is 7. The highest BCUT2D eigenvalue weighted by Crippen LogP contribution is 2.22. The van der Waals surface area contributed by atoms with Gasteiger partial charge in [-0.2, -0.15) is 0 Å². The molecule has 0 radical (unpaired) electrons. The Kier molecular flexibility index (Phi) is 8.92. The maximum atomic E-state index is 12.0. The molecule has 1 aliphatic rings. The molecule has 0 bridgehead atoms. The maximum absolute atomic E-state index is 12.0. The molecule has 1 aliphatic carbocycles. The Balaban J connectivity index is 2.06. The molecule has 1 saturated carbocycles. The highest BCUT2D eigenvalue weighted by molar-refractivity contribution is 5.78. The maximum Gasteiger partial charge on any atom is 0.223 e. The second-order valence-corrected chi connectivity index (χ2v) is 5.47. The van der Waals surface area contributed by atoms with E-state index in [1.807, 2.05) is 0 Å². The van der Waals surface area contributed by atoms with Crippen molar-refractivity contribution in [1.82, 2.24) is 5.32 Å². The molecule has 3 nitrogen and oxygen atoms in total. The first kappa shape index (κ1) is 15.5. The summed E-state index contributed by atoms with van der Waals surface area (Å²) >= 11 is 0. The monoisotopic (exact) mass is 255 g/mol. The number of amides is 1. The third kappa shape index (κ3) is 7.00. The minimum atomic E-state index is 0.266. The van der Waals surface area contributed by atoms with E-state index in [1.165, 1.54) is 32.1 Å². The molecule has 3 heteroatoms. The van der Waals surface area contributed by atoms with Crippen LogP contribution in [0, 0.1) is 5.92 Å². The number of hydrogen-bond donors (Lipinski definition) is 2. The molecular formula is C15H29NO2. The van der Waals surface area contributed by atoms with Crippen molar-refractivity contribution >= 4 is 5.91 Å². The number of aliphatic hydroxyl groups is 1. The van der Waals surface area contributed by atoms with Crippen LogP contribution >= 0.6 is 0 Å². The van der Waals surface area contributed by atoms with Gasteiger partial charge in [-0.3, -0.25) is 4.79 Å². The molecule has 1 fully saturated rings. The molecule has 0 saturated heterocycles. The van der Waals surface area contributed by atoms with Gasteiger partial charge in [-0.15, -0.1) is 0 Å².